The van der Waals surface area contributed by atoms with Crippen molar-refractivity contribution in [2.45, 2.75) is 6.54 Å². The molecule has 1 fully saturated rings. The van der Waals surface area contributed by atoms with Crippen LogP contribution in [0.3, 0.4) is 0 Å². The number of hydrogen-bond donors (Lipinski definition) is 2. The third-order valence-corrected chi connectivity index (χ3v) is 4.43. The number of piperazine rings is 1. The van der Waals surface area contributed by atoms with Gasteiger partial charge in [0.2, 0.25) is 0 Å². The second kappa shape index (κ2) is 6.09. The van der Waals surface area contributed by atoms with E-state index in [4.69, 9.17) is 5.84 Å². The number of hydrazine groups is 2. The van der Waals surface area contributed by atoms with Crippen LogP contribution in [0.2, 0.25) is 0 Å². The number of pyridine rings is 1. The van der Waals surface area contributed by atoms with Crippen LogP contribution in [0.25, 0.3) is 0 Å². The standard InChI is InChI=1S/C17H19N7/c18-11-13-3-1-2-4-14(13)12-23(19)24-16-15(5-6-21-17(16)24)22-9-7-20-8-10-22/h1-6,20H,7-10,12,19H2. The lowest BCUT2D eigenvalue weighted by molar-refractivity contribution is 0.297. The zero-order chi connectivity index (χ0) is 16.5. The van der Waals surface area contributed by atoms with Gasteiger partial charge in [0.15, 0.2) is 5.82 Å². The minimum Gasteiger partial charge on any atom is -0.367 e. The van der Waals surface area contributed by atoms with Gasteiger partial charge in [-0.05, 0) is 17.7 Å². The summed E-state index contributed by atoms with van der Waals surface area (Å²) in [7, 11) is 0. The highest BCUT2D eigenvalue weighted by Crippen LogP contribution is 2.52. The van der Waals surface area contributed by atoms with E-state index >= 15 is 0 Å². The van der Waals surface area contributed by atoms with Gasteiger partial charge < -0.3 is 10.2 Å². The second-order valence-electron chi connectivity index (χ2n) is 5.92. The lowest BCUT2D eigenvalue weighted by Crippen LogP contribution is -2.43. The molecule has 1 aromatic heterocycles. The Morgan fingerprint density at radius 1 is 1.25 bits per heavy atom. The van der Waals surface area contributed by atoms with E-state index in [0.717, 1.165) is 43.2 Å². The predicted octanol–water partition coefficient (Wildman–Crippen LogP) is 1.11. The molecule has 4 rings (SSSR count). The van der Waals surface area contributed by atoms with Crippen LogP contribution >= 0.6 is 0 Å². The van der Waals surface area contributed by atoms with Crippen molar-refractivity contribution in [3.8, 4) is 6.07 Å². The largest absolute Gasteiger partial charge is 0.367 e. The second-order valence-corrected chi connectivity index (χ2v) is 5.92. The summed E-state index contributed by atoms with van der Waals surface area (Å²) in [5, 5.41) is 16.1. The SMILES string of the molecule is N#Cc1ccccc1CN(N)N1c2nccc(N3CCNCC3)c21. The molecule has 3 heterocycles. The van der Waals surface area contributed by atoms with Crippen molar-refractivity contribution in [2.75, 3.05) is 36.1 Å². The van der Waals surface area contributed by atoms with Gasteiger partial charge >= 0.3 is 0 Å². The van der Waals surface area contributed by atoms with Gasteiger partial charge in [0.05, 0.1) is 23.9 Å². The molecule has 3 N–H and O–H groups in total. The number of benzene rings is 1. The van der Waals surface area contributed by atoms with Crippen LogP contribution in [-0.4, -0.2) is 36.3 Å². The number of hydrogen-bond acceptors (Lipinski definition) is 7. The molecule has 122 valence electrons. The van der Waals surface area contributed by atoms with Crippen LogP contribution in [0.15, 0.2) is 36.5 Å². The number of fused-ring (bicyclic) bond motifs is 1. The van der Waals surface area contributed by atoms with Gasteiger partial charge in [-0.25, -0.2) is 15.8 Å². The maximum Gasteiger partial charge on any atom is 0.177 e. The fourth-order valence-electron chi connectivity index (χ4n) is 3.17. The van der Waals surface area contributed by atoms with E-state index in [-0.39, 0.29) is 0 Å². The van der Waals surface area contributed by atoms with Crippen LogP contribution in [0, 0.1) is 11.3 Å². The Hall–Kier alpha value is -2.66. The van der Waals surface area contributed by atoms with Gasteiger partial charge in [-0.15, -0.1) is 5.12 Å². The lowest BCUT2D eigenvalue weighted by Gasteiger charge is -2.29. The molecule has 2 aliphatic rings. The van der Waals surface area contributed by atoms with E-state index in [1.165, 1.54) is 5.69 Å². The van der Waals surface area contributed by atoms with Gasteiger partial charge in [-0.1, -0.05) is 18.2 Å². The highest BCUT2D eigenvalue weighted by Gasteiger charge is 2.40. The summed E-state index contributed by atoms with van der Waals surface area (Å²) in [6.07, 6.45) is 1.83. The van der Waals surface area contributed by atoms with Gasteiger partial charge in [0.1, 0.15) is 5.69 Å². The predicted molar refractivity (Wildman–Crippen MR) is 92.3 cm³/mol. The Kier molecular flexibility index (Phi) is 3.78. The summed E-state index contributed by atoms with van der Waals surface area (Å²) in [6, 6.07) is 11.8. The summed E-state index contributed by atoms with van der Waals surface area (Å²) in [6.45, 7) is 4.39. The maximum atomic E-state index is 9.23. The van der Waals surface area contributed by atoms with Crippen molar-refractivity contribution in [1.82, 2.24) is 15.4 Å². The van der Waals surface area contributed by atoms with E-state index in [1.807, 2.05) is 41.5 Å². The summed E-state index contributed by atoms with van der Waals surface area (Å²) >= 11 is 0. The quantitative estimate of drug-likeness (QED) is 0.496. The smallest absolute Gasteiger partial charge is 0.177 e. The molecule has 2 aliphatic heterocycles. The van der Waals surface area contributed by atoms with Crippen LogP contribution in [0.4, 0.5) is 17.2 Å². The molecule has 0 radical (unpaired) electrons. The monoisotopic (exact) mass is 321 g/mol. The summed E-state index contributed by atoms with van der Waals surface area (Å²) in [5.41, 5.74) is 3.79. The molecule has 0 bridgehead atoms. The van der Waals surface area contributed by atoms with E-state index < -0.39 is 0 Å². The third-order valence-electron chi connectivity index (χ3n) is 4.43. The van der Waals surface area contributed by atoms with E-state index in [2.05, 4.69) is 21.3 Å². The highest BCUT2D eigenvalue weighted by molar-refractivity contribution is 5.98. The normalized spacial score (nSPS) is 16.0. The molecule has 7 heteroatoms. The fourth-order valence-corrected chi connectivity index (χ4v) is 3.17. The molecule has 2 aromatic rings. The van der Waals surface area contributed by atoms with Gasteiger partial charge in [-0.3, -0.25) is 0 Å². The number of nitriles is 1. The summed E-state index contributed by atoms with van der Waals surface area (Å²) < 4.78 is 0. The molecule has 0 unspecified atom stereocenters. The number of anilines is 3. The van der Waals surface area contributed by atoms with Crippen molar-refractivity contribution in [3.05, 3.63) is 47.7 Å². The van der Waals surface area contributed by atoms with Crippen LogP contribution in [-0.2, 0) is 6.54 Å². The fraction of sp³-hybridized carbons (Fsp3) is 0.294. The molecular weight excluding hydrogens is 302 g/mol. The van der Waals surface area contributed by atoms with Crippen molar-refractivity contribution < 1.29 is 0 Å². The number of nitrogens with zero attached hydrogens (tertiary/aromatic N) is 5. The van der Waals surface area contributed by atoms with Crippen molar-refractivity contribution in [1.29, 1.82) is 5.26 Å². The summed E-state index contributed by atoms with van der Waals surface area (Å²) in [4.78, 5) is 6.77. The van der Waals surface area contributed by atoms with Gasteiger partial charge in [-0.2, -0.15) is 5.26 Å². The van der Waals surface area contributed by atoms with Gasteiger partial charge in [0, 0.05) is 32.4 Å². The number of rotatable bonds is 4. The first kappa shape index (κ1) is 14.9. The van der Waals surface area contributed by atoms with E-state index in [1.54, 1.807) is 5.12 Å². The Bertz CT molecular complexity index is 792. The van der Waals surface area contributed by atoms with Crippen LogP contribution < -0.4 is 21.1 Å². The molecular formula is C17H19N7. The molecule has 24 heavy (non-hydrogen) atoms. The first-order valence-corrected chi connectivity index (χ1v) is 8.04. The Balaban J connectivity index is 1.53. The van der Waals surface area contributed by atoms with Crippen LogP contribution in [0.5, 0.6) is 0 Å². The topological polar surface area (TPSA) is 84.2 Å². The average molecular weight is 321 g/mol. The number of nitrogens with one attached hydrogen (secondary N) is 1. The molecule has 7 nitrogen and oxygen atoms in total. The number of nitrogens with two attached hydrogens (primary N) is 1. The molecule has 0 amide bonds. The van der Waals surface area contributed by atoms with E-state index in [0.29, 0.717) is 12.1 Å². The summed E-state index contributed by atoms with van der Waals surface area (Å²) in [5.74, 6) is 7.15. The lowest BCUT2D eigenvalue weighted by atomic mass is 10.1. The van der Waals surface area contributed by atoms with Crippen LogP contribution in [0.1, 0.15) is 11.1 Å². The van der Waals surface area contributed by atoms with E-state index in [9.17, 15) is 5.26 Å². The minimum absolute atomic E-state index is 0.459. The Morgan fingerprint density at radius 3 is 2.83 bits per heavy atom. The zero-order valence-corrected chi connectivity index (χ0v) is 13.3. The van der Waals surface area contributed by atoms with Crippen molar-refractivity contribution in [3.63, 3.8) is 0 Å². The number of aromatic nitrogens is 1. The molecule has 1 saturated heterocycles. The average Bonchev–Trinajstić information content (AvgIpc) is 3.37. The third kappa shape index (κ3) is 2.57. The first-order chi connectivity index (χ1) is 11.8. The highest BCUT2D eigenvalue weighted by atomic mass is 15.8. The molecule has 0 spiro atoms. The zero-order valence-electron chi connectivity index (χ0n) is 13.3. The Labute approximate surface area is 140 Å². The Morgan fingerprint density at radius 2 is 2.04 bits per heavy atom. The van der Waals surface area contributed by atoms with Crippen molar-refractivity contribution >= 4 is 17.2 Å². The van der Waals surface area contributed by atoms with Gasteiger partial charge in [0.25, 0.3) is 0 Å². The minimum atomic E-state index is 0.459. The van der Waals surface area contributed by atoms with Crippen molar-refractivity contribution in [2.24, 2.45) is 5.84 Å². The molecule has 0 aliphatic carbocycles. The first-order valence-electron chi connectivity index (χ1n) is 8.04. The molecule has 0 saturated carbocycles. The molecule has 1 aromatic carbocycles. The molecule has 0 atom stereocenters. The maximum absolute atomic E-state index is 9.23.